The van der Waals surface area contributed by atoms with E-state index in [0.29, 0.717) is 0 Å². The molecule has 2 N–H and O–H groups in total. The standard InChI is InChI=1S/C14H20BrNO2/c1-14(2)9-16(6-5-13(14)18)12-7-11(15)4-3-10(12)8-17/h3-4,7,13,17-18H,5-6,8-9H2,1-2H3. The van der Waals surface area contributed by atoms with Crippen LogP contribution < -0.4 is 4.90 Å². The first-order valence-electron chi connectivity index (χ1n) is 6.26. The molecule has 0 radical (unpaired) electrons. The van der Waals surface area contributed by atoms with E-state index in [1.54, 1.807) is 0 Å². The summed E-state index contributed by atoms with van der Waals surface area (Å²) in [5.41, 5.74) is 1.88. The Kier molecular flexibility index (Phi) is 3.99. The highest BCUT2D eigenvalue weighted by molar-refractivity contribution is 9.10. The lowest BCUT2D eigenvalue weighted by atomic mass is 9.81. The van der Waals surface area contributed by atoms with Gasteiger partial charge in [0, 0.05) is 34.2 Å². The molecule has 0 aromatic heterocycles. The van der Waals surface area contributed by atoms with Crippen LogP contribution in [0.25, 0.3) is 0 Å². The zero-order valence-electron chi connectivity index (χ0n) is 10.9. The van der Waals surface area contributed by atoms with Crippen LogP contribution in [-0.2, 0) is 6.61 Å². The van der Waals surface area contributed by atoms with E-state index in [-0.39, 0.29) is 18.1 Å². The van der Waals surface area contributed by atoms with Gasteiger partial charge in [-0.05, 0) is 18.6 Å². The third-order valence-electron chi connectivity index (χ3n) is 3.73. The maximum atomic E-state index is 10.00. The van der Waals surface area contributed by atoms with Gasteiger partial charge in [-0.1, -0.05) is 35.8 Å². The second-order valence-electron chi connectivity index (χ2n) is 5.65. The number of aliphatic hydroxyl groups excluding tert-OH is 2. The van der Waals surface area contributed by atoms with Crippen molar-refractivity contribution >= 4 is 21.6 Å². The third kappa shape index (κ3) is 2.71. The Bertz CT molecular complexity index is 434. The van der Waals surface area contributed by atoms with E-state index < -0.39 is 0 Å². The number of rotatable bonds is 2. The predicted molar refractivity (Wildman–Crippen MR) is 76.7 cm³/mol. The van der Waals surface area contributed by atoms with Gasteiger partial charge < -0.3 is 15.1 Å². The smallest absolute Gasteiger partial charge is 0.0702 e. The Morgan fingerprint density at radius 2 is 2.17 bits per heavy atom. The maximum absolute atomic E-state index is 10.00. The van der Waals surface area contributed by atoms with Crippen molar-refractivity contribution in [1.82, 2.24) is 0 Å². The molecule has 1 aliphatic rings. The number of anilines is 1. The topological polar surface area (TPSA) is 43.7 Å². The Labute approximate surface area is 117 Å². The maximum Gasteiger partial charge on any atom is 0.0702 e. The van der Waals surface area contributed by atoms with Crippen molar-refractivity contribution in [3.8, 4) is 0 Å². The SMILES string of the molecule is CC1(C)CN(c2cc(Br)ccc2CO)CCC1O. The van der Waals surface area contributed by atoms with Crippen molar-refractivity contribution in [2.45, 2.75) is 33.0 Å². The van der Waals surface area contributed by atoms with Crippen LogP contribution in [0.4, 0.5) is 5.69 Å². The van der Waals surface area contributed by atoms with Gasteiger partial charge in [-0.3, -0.25) is 0 Å². The van der Waals surface area contributed by atoms with E-state index >= 15 is 0 Å². The van der Waals surface area contributed by atoms with Gasteiger partial charge in [-0.25, -0.2) is 0 Å². The van der Waals surface area contributed by atoms with Gasteiger partial charge in [0.2, 0.25) is 0 Å². The fourth-order valence-electron chi connectivity index (χ4n) is 2.52. The minimum absolute atomic E-state index is 0.0437. The van der Waals surface area contributed by atoms with E-state index in [9.17, 15) is 10.2 Å². The Morgan fingerprint density at radius 1 is 1.44 bits per heavy atom. The molecule has 1 aromatic carbocycles. The zero-order chi connectivity index (χ0) is 13.3. The number of halogens is 1. The molecule has 2 rings (SSSR count). The summed E-state index contributed by atoms with van der Waals surface area (Å²) in [7, 11) is 0. The molecular weight excluding hydrogens is 294 g/mol. The highest BCUT2D eigenvalue weighted by atomic mass is 79.9. The fourth-order valence-corrected chi connectivity index (χ4v) is 2.86. The number of hydrogen-bond acceptors (Lipinski definition) is 3. The molecule has 0 saturated carbocycles. The van der Waals surface area contributed by atoms with Gasteiger partial charge >= 0.3 is 0 Å². The molecule has 100 valence electrons. The predicted octanol–water partition coefficient (Wildman–Crippen LogP) is 2.54. The van der Waals surface area contributed by atoms with Crippen LogP contribution in [0.2, 0.25) is 0 Å². The summed E-state index contributed by atoms with van der Waals surface area (Å²) in [6.07, 6.45) is 0.517. The van der Waals surface area contributed by atoms with Gasteiger partial charge in [0.15, 0.2) is 0 Å². The second kappa shape index (κ2) is 5.19. The first-order chi connectivity index (χ1) is 8.44. The summed E-state index contributed by atoms with van der Waals surface area (Å²) >= 11 is 3.47. The van der Waals surface area contributed by atoms with Crippen molar-refractivity contribution < 1.29 is 10.2 Å². The second-order valence-corrected chi connectivity index (χ2v) is 6.56. The molecule has 0 amide bonds. The number of nitrogens with zero attached hydrogens (tertiary/aromatic N) is 1. The van der Waals surface area contributed by atoms with E-state index in [0.717, 1.165) is 35.2 Å². The molecule has 0 aliphatic carbocycles. The molecular formula is C14H20BrNO2. The summed E-state index contributed by atoms with van der Waals surface area (Å²) in [6, 6.07) is 5.93. The van der Waals surface area contributed by atoms with Gasteiger partial charge in [-0.15, -0.1) is 0 Å². The quantitative estimate of drug-likeness (QED) is 0.882. The molecule has 18 heavy (non-hydrogen) atoms. The fraction of sp³-hybridized carbons (Fsp3) is 0.571. The van der Waals surface area contributed by atoms with Crippen LogP contribution in [-0.4, -0.2) is 29.4 Å². The van der Waals surface area contributed by atoms with E-state index in [1.165, 1.54) is 0 Å². The summed E-state index contributed by atoms with van der Waals surface area (Å²) in [4.78, 5) is 2.25. The van der Waals surface area contributed by atoms with Gasteiger partial charge in [0.1, 0.15) is 0 Å². The first-order valence-corrected chi connectivity index (χ1v) is 7.05. The number of piperidine rings is 1. The number of hydrogen-bond donors (Lipinski definition) is 2. The van der Waals surface area contributed by atoms with Crippen LogP contribution in [0.15, 0.2) is 22.7 Å². The Balaban J connectivity index is 2.29. The molecule has 1 fully saturated rings. The van der Waals surface area contributed by atoms with Crippen molar-refractivity contribution in [3.63, 3.8) is 0 Å². The van der Waals surface area contributed by atoms with E-state index in [2.05, 4.69) is 34.7 Å². The molecule has 3 nitrogen and oxygen atoms in total. The summed E-state index contributed by atoms with van der Waals surface area (Å²) in [5, 5.41) is 19.4. The average Bonchev–Trinajstić information content (AvgIpc) is 2.32. The third-order valence-corrected chi connectivity index (χ3v) is 4.22. The molecule has 1 saturated heterocycles. The highest BCUT2D eigenvalue weighted by Crippen LogP contribution is 2.34. The molecule has 1 unspecified atom stereocenters. The number of aliphatic hydroxyl groups is 2. The van der Waals surface area contributed by atoms with Gasteiger partial charge in [0.25, 0.3) is 0 Å². The summed E-state index contributed by atoms with van der Waals surface area (Å²) in [5.74, 6) is 0. The van der Waals surface area contributed by atoms with Crippen molar-refractivity contribution in [2.75, 3.05) is 18.0 Å². The zero-order valence-corrected chi connectivity index (χ0v) is 12.4. The van der Waals surface area contributed by atoms with Gasteiger partial charge in [-0.2, -0.15) is 0 Å². The molecule has 1 aliphatic heterocycles. The van der Waals surface area contributed by atoms with E-state index in [4.69, 9.17) is 0 Å². The number of benzene rings is 1. The minimum atomic E-state index is -0.251. The first kappa shape index (κ1) is 13.8. The van der Waals surface area contributed by atoms with Crippen molar-refractivity contribution in [3.05, 3.63) is 28.2 Å². The molecule has 0 spiro atoms. The van der Waals surface area contributed by atoms with Crippen LogP contribution in [0.1, 0.15) is 25.8 Å². The van der Waals surface area contributed by atoms with Crippen LogP contribution in [0.3, 0.4) is 0 Å². The average molecular weight is 314 g/mol. The molecule has 1 aromatic rings. The molecule has 1 heterocycles. The molecule has 1 atom stereocenters. The monoisotopic (exact) mass is 313 g/mol. The van der Waals surface area contributed by atoms with Crippen LogP contribution in [0.5, 0.6) is 0 Å². The van der Waals surface area contributed by atoms with Crippen LogP contribution in [0, 0.1) is 5.41 Å². The van der Waals surface area contributed by atoms with Crippen molar-refractivity contribution in [1.29, 1.82) is 0 Å². The van der Waals surface area contributed by atoms with Crippen LogP contribution >= 0.6 is 15.9 Å². The lowest BCUT2D eigenvalue weighted by Gasteiger charge is -2.43. The minimum Gasteiger partial charge on any atom is -0.392 e. The van der Waals surface area contributed by atoms with Crippen molar-refractivity contribution in [2.24, 2.45) is 5.41 Å². The normalized spacial score (nSPS) is 23.2. The molecule has 0 bridgehead atoms. The van der Waals surface area contributed by atoms with E-state index in [1.807, 2.05) is 18.2 Å². The largest absolute Gasteiger partial charge is 0.392 e. The summed E-state index contributed by atoms with van der Waals surface area (Å²) in [6.45, 7) is 5.84. The Morgan fingerprint density at radius 3 is 2.78 bits per heavy atom. The molecule has 4 heteroatoms. The lowest BCUT2D eigenvalue weighted by molar-refractivity contribution is 0.0335. The highest BCUT2D eigenvalue weighted by Gasteiger charge is 2.35. The Hall–Kier alpha value is -0.580. The summed E-state index contributed by atoms with van der Waals surface area (Å²) < 4.78 is 1.01. The van der Waals surface area contributed by atoms with Gasteiger partial charge in [0.05, 0.1) is 12.7 Å². The lowest BCUT2D eigenvalue weighted by Crippen LogP contribution is -2.48.